The molecule has 4 nitrogen and oxygen atoms in total. The molecular weight excluding hydrogens is 298 g/mol. The minimum Gasteiger partial charge on any atom is -0.484 e. The summed E-state index contributed by atoms with van der Waals surface area (Å²) in [4.78, 5) is 11.6. The summed E-state index contributed by atoms with van der Waals surface area (Å²) in [6, 6.07) is 7.39. The first kappa shape index (κ1) is 13.4. The highest BCUT2D eigenvalue weighted by Crippen LogP contribution is 2.24. The Bertz CT molecular complexity index is 415. The van der Waals surface area contributed by atoms with Crippen molar-refractivity contribution in [3.05, 3.63) is 28.7 Å². The Hall–Kier alpha value is -1.07. The van der Waals surface area contributed by atoms with Crippen LogP contribution in [0.3, 0.4) is 0 Å². The van der Waals surface area contributed by atoms with Gasteiger partial charge in [0.15, 0.2) is 6.61 Å². The highest BCUT2D eigenvalue weighted by atomic mass is 79.9. The van der Waals surface area contributed by atoms with Crippen LogP contribution < -0.4 is 10.1 Å². The fraction of sp³-hybridized carbons (Fsp3) is 0.462. The fourth-order valence-electron chi connectivity index (χ4n) is 1.60. The molecule has 0 saturated carbocycles. The second-order valence-electron chi connectivity index (χ2n) is 4.82. The Morgan fingerprint density at radius 3 is 2.67 bits per heavy atom. The van der Waals surface area contributed by atoms with E-state index in [0.717, 1.165) is 4.47 Å². The molecule has 2 rings (SSSR count). The third-order valence-electron chi connectivity index (χ3n) is 2.80. The Morgan fingerprint density at radius 2 is 2.11 bits per heavy atom. The first-order valence-electron chi connectivity index (χ1n) is 5.80. The lowest BCUT2D eigenvalue weighted by Gasteiger charge is -2.37. The molecule has 1 saturated heterocycles. The van der Waals surface area contributed by atoms with Gasteiger partial charge in [0, 0.05) is 16.4 Å². The van der Waals surface area contributed by atoms with Gasteiger partial charge in [0.1, 0.15) is 5.75 Å². The number of hydrogen-bond acceptors (Lipinski definition) is 3. The molecule has 98 valence electrons. The van der Waals surface area contributed by atoms with Crippen LogP contribution in [-0.2, 0) is 9.53 Å². The number of halogens is 1. The Morgan fingerprint density at radius 1 is 1.44 bits per heavy atom. The van der Waals surface area contributed by atoms with Crippen molar-refractivity contribution in [2.24, 2.45) is 5.41 Å². The predicted octanol–water partition coefficient (Wildman–Crippen LogP) is 1.98. The van der Waals surface area contributed by atoms with E-state index in [9.17, 15) is 4.79 Å². The summed E-state index contributed by atoms with van der Waals surface area (Å²) in [6.45, 7) is 4.18. The van der Waals surface area contributed by atoms with E-state index in [1.54, 1.807) is 0 Å². The fourth-order valence-corrected chi connectivity index (χ4v) is 1.86. The molecule has 1 amide bonds. The van der Waals surface area contributed by atoms with Crippen molar-refractivity contribution >= 4 is 21.8 Å². The molecular formula is C13H16BrNO3. The van der Waals surface area contributed by atoms with Crippen LogP contribution in [0.2, 0.25) is 0 Å². The van der Waals surface area contributed by atoms with Crippen molar-refractivity contribution in [3.8, 4) is 5.75 Å². The smallest absolute Gasteiger partial charge is 0.257 e. The lowest BCUT2D eigenvalue weighted by atomic mass is 9.89. The van der Waals surface area contributed by atoms with Gasteiger partial charge < -0.3 is 14.8 Å². The molecule has 1 fully saturated rings. The zero-order valence-corrected chi connectivity index (χ0v) is 11.8. The quantitative estimate of drug-likeness (QED) is 0.904. The van der Waals surface area contributed by atoms with Crippen molar-refractivity contribution in [3.63, 3.8) is 0 Å². The SMILES string of the molecule is CC1(CNC(=O)COc2ccc(Br)cc2)COC1. The van der Waals surface area contributed by atoms with Gasteiger partial charge >= 0.3 is 0 Å². The first-order chi connectivity index (χ1) is 8.57. The van der Waals surface area contributed by atoms with E-state index >= 15 is 0 Å². The van der Waals surface area contributed by atoms with Gasteiger partial charge in [0.25, 0.3) is 5.91 Å². The first-order valence-corrected chi connectivity index (χ1v) is 6.60. The van der Waals surface area contributed by atoms with Crippen LogP contribution in [0.5, 0.6) is 5.75 Å². The number of carbonyl (C=O) groups excluding carboxylic acids is 1. The third kappa shape index (κ3) is 3.71. The van der Waals surface area contributed by atoms with Crippen molar-refractivity contribution in [1.29, 1.82) is 0 Å². The molecule has 0 radical (unpaired) electrons. The second-order valence-corrected chi connectivity index (χ2v) is 5.74. The molecule has 0 unspecified atom stereocenters. The number of ether oxygens (including phenoxy) is 2. The van der Waals surface area contributed by atoms with E-state index in [4.69, 9.17) is 9.47 Å². The average Bonchev–Trinajstić information content (AvgIpc) is 2.33. The lowest BCUT2D eigenvalue weighted by Crippen LogP contribution is -2.49. The Balaban J connectivity index is 1.69. The molecule has 1 heterocycles. The van der Waals surface area contributed by atoms with Crippen LogP contribution in [0.15, 0.2) is 28.7 Å². The van der Waals surface area contributed by atoms with Gasteiger partial charge in [-0.15, -0.1) is 0 Å². The molecule has 5 heteroatoms. The zero-order chi connectivity index (χ0) is 13.0. The molecule has 0 aromatic heterocycles. The molecule has 1 aliphatic rings. The van der Waals surface area contributed by atoms with Gasteiger partial charge in [0.2, 0.25) is 0 Å². The van der Waals surface area contributed by atoms with E-state index in [2.05, 4.69) is 28.2 Å². The molecule has 0 atom stereocenters. The predicted molar refractivity (Wildman–Crippen MR) is 71.6 cm³/mol. The van der Waals surface area contributed by atoms with Crippen molar-refractivity contribution < 1.29 is 14.3 Å². The van der Waals surface area contributed by atoms with Crippen LogP contribution in [0.4, 0.5) is 0 Å². The average molecular weight is 314 g/mol. The van der Waals surface area contributed by atoms with Gasteiger partial charge in [-0.3, -0.25) is 4.79 Å². The van der Waals surface area contributed by atoms with Crippen LogP contribution in [0.1, 0.15) is 6.92 Å². The monoisotopic (exact) mass is 313 g/mol. The maximum absolute atomic E-state index is 11.6. The molecule has 18 heavy (non-hydrogen) atoms. The van der Waals surface area contributed by atoms with E-state index in [1.807, 2.05) is 24.3 Å². The summed E-state index contributed by atoms with van der Waals surface area (Å²) in [5, 5.41) is 2.85. The van der Waals surface area contributed by atoms with E-state index in [0.29, 0.717) is 25.5 Å². The van der Waals surface area contributed by atoms with Crippen molar-refractivity contribution in [2.45, 2.75) is 6.92 Å². The number of rotatable bonds is 5. The molecule has 1 aliphatic heterocycles. The van der Waals surface area contributed by atoms with E-state index < -0.39 is 0 Å². The van der Waals surface area contributed by atoms with Gasteiger partial charge in [0.05, 0.1) is 13.2 Å². The molecule has 1 aromatic carbocycles. The van der Waals surface area contributed by atoms with Crippen LogP contribution in [0, 0.1) is 5.41 Å². The summed E-state index contributed by atoms with van der Waals surface area (Å²) in [7, 11) is 0. The van der Waals surface area contributed by atoms with Crippen LogP contribution >= 0.6 is 15.9 Å². The highest BCUT2D eigenvalue weighted by molar-refractivity contribution is 9.10. The van der Waals surface area contributed by atoms with Gasteiger partial charge in [-0.1, -0.05) is 22.9 Å². The third-order valence-corrected chi connectivity index (χ3v) is 3.33. The number of carbonyl (C=O) groups is 1. The maximum Gasteiger partial charge on any atom is 0.257 e. The molecule has 1 aromatic rings. The standard InChI is InChI=1S/C13H16BrNO3/c1-13(8-17-9-13)7-15-12(16)6-18-11-4-2-10(14)3-5-11/h2-5H,6-9H2,1H3,(H,15,16). The molecule has 0 spiro atoms. The van der Waals surface area contributed by atoms with Crippen molar-refractivity contribution in [2.75, 3.05) is 26.4 Å². The maximum atomic E-state index is 11.6. The zero-order valence-electron chi connectivity index (χ0n) is 10.2. The molecule has 1 N–H and O–H groups in total. The molecule has 0 aliphatic carbocycles. The molecule has 0 bridgehead atoms. The van der Waals surface area contributed by atoms with Crippen LogP contribution in [0.25, 0.3) is 0 Å². The number of benzene rings is 1. The van der Waals surface area contributed by atoms with Gasteiger partial charge in [-0.25, -0.2) is 0 Å². The minimum absolute atomic E-state index is 0.0402. The largest absolute Gasteiger partial charge is 0.484 e. The van der Waals surface area contributed by atoms with E-state index in [1.165, 1.54) is 0 Å². The summed E-state index contributed by atoms with van der Waals surface area (Å²) in [5.74, 6) is 0.581. The summed E-state index contributed by atoms with van der Waals surface area (Å²) < 4.78 is 11.5. The second kappa shape index (κ2) is 5.71. The minimum atomic E-state index is -0.106. The lowest BCUT2D eigenvalue weighted by molar-refractivity contribution is -0.128. The normalized spacial score (nSPS) is 16.8. The summed E-state index contributed by atoms with van der Waals surface area (Å²) >= 11 is 3.34. The highest BCUT2D eigenvalue weighted by Gasteiger charge is 2.33. The van der Waals surface area contributed by atoms with Crippen molar-refractivity contribution in [1.82, 2.24) is 5.32 Å². The number of nitrogens with one attached hydrogen (secondary N) is 1. The van der Waals surface area contributed by atoms with E-state index in [-0.39, 0.29) is 17.9 Å². The topological polar surface area (TPSA) is 47.6 Å². The number of hydrogen-bond donors (Lipinski definition) is 1. The van der Waals surface area contributed by atoms with Crippen LogP contribution in [-0.4, -0.2) is 32.3 Å². The van der Waals surface area contributed by atoms with Gasteiger partial charge in [-0.2, -0.15) is 0 Å². The Labute approximate surface area is 115 Å². The number of amides is 1. The summed E-state index contributed by atoms with van der Waals surface area (Å²) in [5.41, 5.74) is 0.0905. The van der Waals surface area contributed by atoms with Gasteiger partial charge in [-0.05, 0) is 24.3 Å². The Kier molecular flexibility index (Phi) is 4.24. The summed E-state index contributed by atoms with van der Waals surface area (Å²) in [6.07, 6.45) is 0.